The lowest BCUT2D eigenvalue weighted by Gasteiger charge is -2.36. The monoisotopic (exact) mass is 298 g/mol. The summed E-state index contributed by atoms with van der Waals surface area (Å²) in [6, 6.07) is 4.98. The lowest BCUT2D eigenvalue weighted by atomic mass is 9.95. The first-order valence-electron chi connectivity index (χ1n) is 7.07. The topological polar surface area (TPSA) is 29.3 Å². The second kappa shape index (κ2) is 6.17. The fourth-order valence-electron chi connectivity index (χ4n) is 2.51. The van der Waals surface area contributed by atoms with Crippen LogP contribution in [-0.2, 0) is 5.41 Å². The first-order valence-corrected chi connectivity index (χ1v) is 8.94. The van der Waals surface area contributed by atoms with Gasteiger partial charge in [-0.2, -0.15) is 11.8 Å². The Morgan fingerprint density at radius 3 is 2.68 bits per heavy atom. The van der Waals surface area contributed by atoms with Crippen molar-refractivity contribution in [2.75, 3.05) is 25.4 Å². The van der Waals surface area contributed by atoms with E-state index in [1.807, 2.05) is 11.3 Å². The van der Waals surface area contributed by atoms with Crippen LogP contribution in [0.4, 0.5) is 0 Å². The minimum absolute atomic E-state index is 0.243. The molecule has 1 aliphatic rings. The van der Waals surface area contributed by atoms with Crippen LogP contribution in [0, 0.1) is 0 Å². The molecule has 2 N–H and O–H groups in total. The Bertz CT molecular complexity index is 409. The van der Waals surface area contributed by atoms with Gasteiger partial charge in [0.2, 0.25) is 0 Å². The molecule has 0 bridgehead atoms. The van der Waals surface area contributed by atoms with Gasteiger partial charge in [-0.25, -0.2) is 0 Å². The van der Waals surface area contributed by atoms with Crippen molar-refractivity contribution in [2.24, 2.45) is 5.73 Å². The van der Waals surface area contributed by atoms with E-state index in [0.29, 0.717) is 6.04 Å². The Morgan fingerprint density at radius 2 is 2.16 bits per heavy atom. The summed E-state index contributed by atoms with van der Waals surface area (Å²) in [7, 11) is 0. The van der Waals surface area contributed by atoms with E-state index in [-0.39, 0.29) is 5.41 Å². The maximum absolute atomic E-state index is 6.06. The zero-order valence-corrected chi connectivity index (χ0v) is 14.1. The van der Waals surface area contributed by atoms with E-state index in [1.165, 1.54) is 22.1 Å². The van der Waals surface area contributed by atoms with Crippen molar-refractivity contribution in [3.05, 3.63) is 21.9 Å². The van der Waals surface area contributed by atoms with Gasteiger partial charge in [-0.3, -0.25) is 4.90 Å². The van der Waals surface area contributed by atoms with Gasteiger partial charge in [0.05, 0.1) is 6.04 Å². The molecule has 108 valence electrons. The van der Waals surface area contributed by atoms with Crippen LogP contribution in [0.1, 0.15) is 43.5 Å². The zero-order valence-electron chi connectivity index (χ0n) is 12.5. The number of nitrogens with zero attached hydrogens (tertiary/aromatic N) is 1. The van der Waals surface area contributed by atoms with E-state index in [4.69, 9.17) is 5.73 Å². The molecule has 0 saturated carbocycles. The molecule has 0 spiro atoms. The number of hydrogen-bond donors (Lipinski definition) is 1. The van der Waals surface area contributed by atoms with Crippen LogP contribution < -0.4 is 5.73 Å². The van der Waals surface area contributed by atoms with Crippen molar-refractivity contribution in [3.63, 3.8) is 0 Å². The second-order valence-electron chi connectivity index (χ2n) is 6.38. The van der Waals surface area contributed by atoms with Gasteiger partial charge in [-0.1, -0.05) is 27.7 Å². The molecule has 1 aliphatic heterocycles. The SMILES string of the molecule is CC1CN(C(CN)c2ccc(C(C)(C)C)s2)CCS1. The van der Waals surface area contributed by atoms with Crippen molar-refractivity contribution in [1.82, 2.24) is 4.90 Å². The summed E-state index contributed by atoms with van der Waals surface area (Å²) < 4.78 is 0. The Labute approximate surface area is 125 Å². The van der Waals surface area contributed by atoms with Crippen LogP contribution in [0.5, 0.6) is 0 Å². The Hall–Kier alpha value is -0.0300. The molecule has 2 rings (SSSR count). The zero-order chi connectivity index (χ0) is 14.0. The Kier molecular flexibility index (Phi) is 4.99. The second-order valence-corrected chi connectivity index (χ2v) is 9.04. The largest absolute Gasteiger partial charge is 0.329 e. The highest BCUT2D eigenvalue weighted by Crippen LogP contribution is 2.35. The van der Waals surface area contributed by atoms with Crippen molar-refractivity contribution in [2.45, 2.75) is 44.4 Å². The molecule has 1 aromatic heterocycles. The predicted molar refractivity (Wildman–Crippen MR) is 88.3 cm³/mol. The van der Waals surface area contributed by atoms with E-state index in [1.54, 1.807) is 0 Å². The van der Waals surface area contributed by atoms with Crippen LogP contribution in [-0.4, -0.2) is 35.5 Å². The molecular formula is C15H26N2S2. The first-order chi connectivity index (χ1) is 8.91. The van der Waals surface area contributed by atoms with Crippen LogP contribution in [0.2, 0.25) is 0 Å². The fraction of sp³-hybridized carbons (Fsp3) is 0.733. The Morgan fingerprint density at radius 1 is 1.42 bits per heavy atom. The third-order valence-electron chi connectivity index (χ3n) is 3.63. The van der Waals surface area contributed by atoms with E-state index < -0.39 is 0 Å². The number of hydrogen-bond acceptors (Lipinski definition) is 4. The van der Waals surface area contributed by atoms with E-state index in [2.05, 4.69) is 56.5 Å². The average molecular weight is 299 g/mol. The minimum Gasteiger partial charge on any atom is -0.329 e. The van der Waals surface area contributed by atoms with Gasteiger partial charge >= 0.3 is 0 Å². The summed E-state index contributed by atoms with van der Waals surface area (Å²) in [6.45, 7) is 12.2. The standard InChI is InChI=1S/C15H26N2S2/c1-11-10-17(7-8-18-11)12(9-16)13-5-6-14(19-13)15(2,3)4/h5-6,11-12H,7-10,16H2,1-4H3. The number of thioether (sulfide) groups is 1. The van der Waals surface area contributed by atoms with Crippen LogP contribution in [0.3, 0.4) is 0 Å². The number of nitrogens with two attached hydrogens (primary N) is 1. The normalized spacial score (nSPS) is 23.5. The molecular weight excluding hydrogens is 272 g/mol. The van der Waals surface area contributed by atoms with E-state index in [9.17, 15) is 0 Å². The van der Waals surface area contributed by atoms with Crippen LogP contribution in [0.25, 0.3) is 0 Å². The van der Waals surface area contributed by atoms with E-state index in [0.717, 1.165) is 18.3 Å². The smallest absolute Gasteiger partial charge is 0.0565 e. The summed E-state index contributed by atoms with van der Waals surface area (Å²) in [5, 5.41) is 0.727. The van der Waals surface area contributed by atoms with Gasteiger partial charge in [-0.15, -0.1) is 11.3 Å². The van der Waals surface area contributed by atoms with E-state index >= 15 is 0 Å². The summed E-state index contributed by atoms with van der Waals surface area (Å²) in [5.41, 5.74) is 6.30. The third-order valence-corrected chi connectivity index (χ3v) is 6.38. The summed E-state index contributed by atoms with van der Waals surface area (Å²) in [6.07, 6.45) is 0. The summed E-state index contributed by atoms with van der Waals surface area (Å²) in [4.78, 5) is 5.46. The molecule has 1 fully saturated rings. The fourth-order valence-corrected chi connectivity index (χ4v) is 4.76. The number of rotatable bonds is 3. The Balaban J connectivity index is 2.15. The molecule has 2 nitrogen and oxygen atoms in total. The molecule has 1 saturated heterocycles. The van der Waals surface area contributed by atoms with Gasteiger partial charge in [0, 0.05) is 40.4 Å². The molecule has 1 aromatic rings. The van der Waals surface area contributed by atoms with Gasteiger partial charge in [0.15, 0.2) is 0 Å². The van der Waals surface area contributed by atoms with Gasteiger partial charge in [0.25, 0.3) is 0 Å². The van der Waals surface area contributed by atoms with Crippen molar-refractivity contribution < 1.29 is 0 Å². The van der Waals surface area contributed by atoms with Crippen molar-refractivity contribution in [3.8, 4) is 0 Å². The summed E-state index contributed by atoms with van der Waals surface area (Å²) >= 11 is 4.01. The minimum atomic E-state index is 0.243. The highest BCUT2D eigenvalue weighted by atomic mass is 32.2. The molecule has 0 aromatic carbocycles. The van der Waals surface area contributed by atoms with Crippen molar-refractivity contribution in [1.29, 1.82) is 0 Å². The summed E-state index contributed by atoms with van der Waals surface area (Å²) in [5.74, 6) is 1.23. The molecule has 2 heterocycles. The number of thiophene rings is 1. The van der Waals surface area contributed by atoms with Crippen LogP contribution in [0.15, 0.2) is 12.1 Å². The first kappa shape index (κ1) is 15.4. The predicted octanol–water partition coefficient (Wildman–Crippen LogP) is 3.48. The maximum atomic E-state index is 6.06. The highest BCUT2D eigenvalue weighted by molar-refractivity contribution is 7.99. The van der Waals surface area contributed by atoms with Gasteiger partial charge < -0.3 is 5.73 Å². The van der Waals surface area contributed by atoms with Crippen LogP contribution >= 0.6 is 23.1 Å². The van der Waals surface area contributed by atoms with Gasteiger partial charge in [-0.05, 0) is 17.5 Å². The lowest BCUT2D eigenvalue weighted by Crippen LogP contribution is -2.41. The molecule has 19 heavy (non-hydrogen) atoms. The van der Waals surface area contributed by atoms with Gasteiger partial charge in [0.1, 0.15) is 0 Å². The molecule has 2 unspecified atom stereocenters. The molecule has 0 aliphatic carbocycles. The maximum Gasteiger partial charge on any atom is 0.0565 e. The third kappa shape index (κ3) is 3.75. The lowest BCUT2D eigenvalue weighted by molar-refractivity contribution is 0.214. The molecule has 0 amide bonds. The molecule has 0 radical (unpaired) electrons. The quantitative estimate of drug-likeness (QED) is 0.926. The van der Waals surface area contributed by atoms with Crippen molar-refractivity contribution >= 4 is 23.1 Å². The average Bonchev–Trinajstić information content (AvgIpc) is 2.79. The molecule has 2 atom stereocenters. The highest BCUT2D eigenvalue weighted by Gasteiger charge is 2.26. The molecule has 4 heteroatoms.